The van der Waals surface area contributed by atoms with Crippen molar-refractivity contribution in [3.05, 3.63) is 65.2 Å². The van der Waals surface area contributed by atoms with Gasteiger partial charge in [-0.1, -0.05) is 49.2 Å². The van der Waals surface area contributed by atoms with Crippen molar-refractivity contribution in [2.45, 2.75) is 82.0 Å². The summed E-state index contributed by atoms with van der Waals surface area (Å²) in [6.07, 6.45) is 8.43. The molecule has 0 radical (unpaired) electrons. The number of fused-ring (bicyclic) bond motifs is 1. The third kappa shape index (κ3) is 4.76. The first-order chi connectivity index (χ1) is 18.1. The number of likely N-dealkylation sites (tertiary alicyclic amines) is 1. The van der Waals surface area contributed by atoms with Gasteiger partial charge < -0.3 is 23.8 Å². The summed E-state index contributed by atoms with van der Waals surface area (Å²) in [5, 5.41) is 0. The van der Waals surface area contributed by atoms with E-state index in [0.717, 1.165) is 50.5 Å². The molecule has 7 heteroatoms. The first-order valence-electron chi connectivity index (χ1n) is 13.7. The number of amides is 1. The van der Waals surface area contributed by atoms with Crippen LogP contribution in [0.1, 0.15) is 68.1 Å². The van der Waals surface area contributed by atoms with Crippen LogP contribution < -0.4 is 4.74 Å². The average Bonchev–Trinajstić information content (AvgIpc) is 2.90. The van der Waals surface area contributed by atoms with Crippen LogP contribution in [0.4, 0.5) is 9.59 Å². The van der Waals surface area contributed by atoms with Crippen LogP contribution in [0.5, 0.6) is 5.75 Å². The molecule has 1 heterocycles. The molecule has 1 saturated heterocycles. The van der Waals surface area contributed by atoms with Crippen LogP contribution in [0.15, 0.2) is 48.5 Å². The Morgan fingerprint density at radius 1 is 0.946 bits per heavy atom. The third-order valence-electron chi connectivity index (χ3n) is 8.97. The Bertz CT molecular complexity index is 1130. The second-order valence-electron chi connectivity index (χ2n) is 10.9. The molecule has 1 aliphatic heterocycles. The van der Waals surface area contributed by atoms with Gasteiger partial charge in [0, 0.05) is 18.0 Å². The van der Waals surface area contributed by atoms with E-state index in [-0.39, 0.29) is 30.4 Å². The number of rotatable bonds is 6. The van der Waals surface area contributed by atoms with E-state index in [1.807, 2.05) is 41.3 Å². The Morgan fingerprint density at radius 2 is 1.81 bits per heavy atom. The molecule has 3 fully saturated rings. The lowest BCUT2D eigenvalue weighted by atomic mass is 9.52. The van der Waals surface area contributed by atoms with Crippen molar-refractivity contribution in [3.63, 3.8) is 0 Å². The minimum atomic E-state index is -0.664. The van der Waals surface area contributed by atoms with Crippen LogP contribution in [0, 0.1) is 5.92 Å². The fourth-order valence-corrected chi connectivity index (χ4v) is 6.91. The van der Waals surface area contributed by atoms with Gasteiger partial charge in [-0.3, -0.25) is 0 Å². The highest BCUT2D eigenvalue weighted by molar-refractivity contribution is 5.69. The molecule has 2 saturated carbocycles. The normalized spacial score (nSPS) is 26.2. The second kappa shape index (κ2) is 10.3. The van der Waals surface area contributed by atoms with Gasteiger partial charge in [0.25, 0.3) is 0 Å². The van der Waals surface area contributed by atoms with Gasteiger partial charge in [-0.2, -0.15) is 0 Å². The highest BCUT2D eigenvalue weighted by Crippen LogP contribution is 2.56. The minimum Gasteiger partial charge on any atom is -0.457 e. The van der Waals surface area contributed by atoms with Crippen LogP contribution in [0.25, 0.3) is 0 Å². The SMILES string of the molecule is O=C(OCOc1ccc2c(c1)[C@]13CCCC[C@@H]1[C@H](C2)N(C(=O)OCc1ccccc1)CC3)OC1CCC1. The highest BCUT2D eigenvalue weighted by atomic mass is 16.8. The molecule has 3 atom stereocenters. The van der Waals surface area contributed by atoms with Crippen molar-refractivity contribution in [2.24, 2.45) is 5.92 Å². The molecule has 37 heavy (non-hydrogen) atoms. The van der Waals surface area contributed by atoms with Gasteiger partial charge in [0.15, 0.2) is 0 Å². The topological polar surface area (TPSA) is 74.3 Å². The predicted molar refractivity (Wildman–Crippen MR) is 136 cm³/mol. The highest BCUT2D eigenvalue weighted by Gasteiger charge is 2.55. The number of hydrogen-bond acceptors (Lipinski definition) is 6. The van der Waals surface area contributed by atoms with Crippen molar-refractivity contribution in [2.75, 3.05) is 13.3 Å². The van der Waals surface area contributed by atoms with E-state index in [0.29, 0.717) is 24.8 Å². The maximum absolute atomic E-state index is 13.2. The van der Waals surface area contributed by atoms with Crippen LogP contribution in [-0.4, -0.2) is 42.6 Å². The van der Waals surface area contributed by atoms with Crippen LogP contribution in [-0.2, 0) is 32.7 Å². The van der Waals surface area contributed by atoms with E-state index in [1.54, 1.807) is 0 Å². The van der Waals surface area contributed by atoms with Crippen LogP contribution >= 0.6 is 0 Å². The van der Waals surface area contributed by atoms with Gasteiger partial charge in [-0.25, -0.2) is 9.59 Å². The summed E-state index contributed by atoms with van der Waals surface area (Å²) in [6.45, 7) is 0.839. The number of hydrogen-bond donors (Lipinski definition) is 0. The zero-order chi connectivity index (χ0) is 25.2. The predicted octanol–water partition coefficient (Wildman–Crippen LogP) is 6.12. The number of ether oxygens (including phenoxy) is 4. The van der Waals surface area contributed by atoms with E-state index >= 15 is 0 Å². The number of piperidine rings is 1. The maximum Gasteiger partial charge on any atom is 0.511 e. The molecule has 4 aliphatic rings. The summed E-state index contributed by atoms with van der Waals surface area (Å²) in [6, 6.07) is 16.2. The molecule has 6 rings (SSSR count). The summed E-state index contributed by atoms with van der Waals surface area (Å²) in [5.41, 5.74) is 3.68. The first-order valence-corrected chi connectivity index (χ1v) is 13.7. The molecule has 1 amide bonds. The van der Waals surface area contributed by atoms with Crippen molar-refractivity contribution < 1.29 is 28.5 Å². The summed E-state index contributed by atoms with van der Waals surface area (Å²) >= 11 is 0. The summed E-state index contributed by atoms with van der Waals surface area (Å²) in [7, 11) is 0. The van der Waals surface area contributed by atoms with Crippen molar-refractivity contribution in [3.8, 4) is 5.75 Å². The maximum atomic E-state index is 13.2. The molecule has 0 spiro atoms. The first kappa shape index (κ1) is 24.1. The second-order valence-corrected chi connectivity index (χ2v) is 10.9. The Hall–Kier alpha value is -3.22. The van der Waals surface area contributed by atoms with E-state index in [1.165, 1.54) is 24.0 Å². The van der Waals surface area contributed by atoms with Gasteiger partial charge in [-0.15, -0.1) is 0 Å². The van der Waals surface area contributed by atoms with E-state index in [9.17, 15) is 9.59 Å². The molecular weight excluding hydrogens is 470 g/mol. The van der Waals surface area contributed by atoms with Crippen molar-refractivity contribution in [1.29, 1.82) is 0 Å². The smallest absolute Gasteiger partial charge is 0.457 e. The largest absolute Gasteiger partial charge is 0.511 e. The Kier molecular flexibility index (Phi) is 6.70. The number of carbonyl (C=O) groups is 2. The van der Waals surface area contributed by atoms with E-state index in [2.05, 4.69) is 12.1 Å². The van der Waals surface area contributed by atoms with Crippen molar-refractivity contribution in [1.82, 2.24) is 4.90 Å². The number of benzene rings is 2. The molecule has 0 aromatic heterocycles. The Labute approximate surface area is 218 Å². The summed E-state index contributed by atoms with van der Waals surface area (Å²) < 4.78 is 21.9. The zero-order valence-corrected chi connectivity index (χ0v) is 21.2. The molecule has 0 unspecified atom stereocenters. The van der Waals surface area contributed by atoms with Gasteiger partial charge in [0.1, 0.15) is 18.5 Å². The third-order valence-corrected chi connectivity index (χ3v) is 8.97. The summed E-state index contributed by atoms with van der Waals surface area (Å²) in [5.74, 6) is 1.12. The minimum absolute atomic E-state index is 0.00647. The van der Waals surface area contributed by atoms with Gasteiger partial charge in [0.05, 0.1) is 0 Å². The average molecular weight is 506 g/mol. The van der Waals surface area contributed by atoms with Gasteiger partial charge in [-0.05, 0) is 79.7 Å². The standard InChI is InChI=1S/C30H35NO6/c32-28(34-19-21-7-2-1-3-8-21)31-16-15-30-14-5-4-11-25(30)27(31)17-22-12-13-24(18-26(22)30)35-20-36-29(33)37-23-9-6-10-23/h1-3,7-8,12-13,18,23,25,27H,4-6,9-11,14-17,19-20H2/t25-,27+,30+/m1/s1. The Balaban J connectivity index is 1.15. The monoisotopic (exact) mass is 505 g/mol. The molecule has 2 aromatic carbocycles. The lowest BCUT2D eigenvalue weighted by Gasteiger charge is -2.58. The van der Waals surface area contributed by atoms with E-state index in [4.69, 9.17) is 18.9 Å². The molecule has 7 nitrogen and oxygen atoms in total. The molecule has 196 valence electrons. The number of carbonyl (C=O) groups excluding carboxylic acids is 2. The van der Waals surface area contributed by atoms with E-state index < -0.39 is 6.16 Å². The van der Waals surface area contributed by atoms with Crippen molar-refractivity contribution >= 4 is 12.2 Å². The molecule has 2 bridgehead atoms. The molecular formula is C30H35NO6. The number of nitrogens with zero attached hydrogens (tertiary/aromatic N) is 1. The van der Waals surface area contributed by atoms with Gasteiger partial charge >= 0.3 is 12.2 Å². The molecule has 3 aliphatic carbocycles. The fourth-order valence-electron chi connectivity index (χ4n) is 6.91. The zero-order valence-electron chi connectivity index (χ0n) is 21.2. The Morgan fingerprint density at radius 3 is 2.62 bits per heavy atom. The quantitative estimate of drug-likeness (QED) is 0.348. The lowest BCUT2D eigenvalue weighted by Crippen LogP contribution is -2.62. The van der Waals surface area contributed by atoms with Crippen LogP contribution in [0.2, 0.25) is 0 Å². The molecule has 0 N–H and O–H groups in total. The fraction of sp³-hybridized carbons (Fsp3) is 0.533. The van der Waals surface area contributed by atoms with Crippen LogP contribution in [0.3, 0.4) is 0 Å². The van der Waals surface area contributed by atoms with Gasteiger partial charge in [0.2, 0.25) is 6.79 Å². The molecule has 2 aromatic rings. The lowest BCUT2D eigenvalue weighted by molar-refractivity contribution is -0.0331. The summed E-state index contributed by atoms with van der Waals surface area (Å²) in [4.78, 5) is 27.0.